The van der Waals surface area contributed by atoms with Crippen molar-refractivity contribution in [1.82, 2.24) is 15.3 Å². The van der Waals surface area contributed by atoms with Crippen molar-refractivity contribution in [3.8, 4) is 11.1 Å². The van der Waals surface area contributed by atoms with Gasteiger partial charge in [0.25, 0.3) is 5.91 Å². The molecule has 0 unspecified atom stereocenters. The lowest BCUT2D eigenvalue weighted by molar-refractivity contribution is -0.131. The van der Waals surface area contributed by atoms with Crippen LogP contribution in [0.4, 0.5) is 4.39 Å². The standard InChI is InChI=1S/C26H34FN3O5S/c1-26(25(31)28-32,36(4,33)34)10-12-30-11-9-20-16-21(6-7-22(20)18-30)23-8-5-19(15-24(23)27)17-29(2)13-14-35-3/h5-9,11,15-16,32H,10,12-14,17-18H2,1-4H3,(H,28,31)/t26-/m1/s1. The predicted molar refractivity (Wildman–Crippen MR) is 137 cm³/mol. The second kappa shape index (κ2) is 11.5. The number of benzene rings is 2. The van der Waals surface area contributed by atoms with E-state index < -0.39 is 20.5 Å². The number of sulfone groups is 1. The van der Waals surface area contributed by atoms with E-state index >= 15 is 0 Å². The minimum absolute atomic E-state index is 0.00814. The van der Waals surface area contributed by atoms with E-state index in [4.69, 9.17) is 9.94 Å². The Morgan fingerprint density at radius 1 is 1.28 bits per heavy atom. The molecule has 10 heteroatoms. The van der Waals surface area contributed by atoms with Crippen LogP contribution in [-0.2, 0) is 32.5 Å². The number of hydrogen-bond acceptors (Lipinski definition) is 7. The summed E-state index contributed by atoms with van der Waals surface area (Å²) >= 11 is 0. The average molecular weight is 520 g/mol. The minimum Gasteiger partial charge on any atom is -0.383 e. The van der Waals surface area contributed by atoms with E-state index in [1.54, 1.807) is 19.2 Å². The van der Waals surface area contributed by atoms with Crippen molar-refractivity contribution in [3.05, 3.63) is 65.1 Å². The van der Waals surface area contributed by atoms with Crippen LogP contribution in [0.5, 0.6) is 0 Å². The van der Waals surface area contributed by atoms with Gasteiger partial charge in [-0.3, -0.25) is 14.9 Å². The normalized spacial score (nSPS) is 15.0. The number of rotatable bonds is 11. The molecular formula is C26H34FN3O5S. The van der Waals surface area contributed by atoms with Crippen molar-refractivity contribution in [2.24, 2.45) is 0 Å². The number of ether oxygens (including phenoxy) is 1. The largest absolute Gasteiger partial charge is 0.383 e. The lowest BCUT2D eigenvalue weighted by atomic mass is 9.96. The van der Waals surface area contributed by atoms with Gasteiger partial charge < -0.3 is 9.64 Å². The highest BCUT2D eigenvalue weighted by Gasteiger charge is 2.43. The van der Waals surface area contributed by atoms with E-state index in [0.29, 0.717) is 31.8 Å². The quantitative estimate of drug-likeness (QED) is 0.348. The third-order valence-corrected chi connectivity index (χ3v) is 8.76. The molecule has 1 aliphatic heterocycles. The molecule has 2 aromatic carbocycles. The molecule has 3 rings (SSSR count). The monoisotopic (exact) mass is 519 g/mol. The maximum Gasteiger partial charge on any atom is 0.264 e. The summed E-state index contributed by atoms with van der Waals surface area (Å²) in [5, 5.41) is 9.00. The van der Waals surface area contributed by atoms with Gasteiger partial charge in [0.2, 0.25) is 0 Å². The Hall–Kier alpha value is -2.79. The highest BCUT2D eigenvalue weighted by molar-refractivity contribution is 7.92. The molecule has 1 amide bonds. The van der Waals surface area contributed by atoms with Gasteiger partial charge in [-0.25, -0.2) is 18.3 Å². The number of methoxy groups -OCH3 is 1. The minimum atomic E-state index is -3.76. The van der Waals surface area contributed by atoms with Crippen molar-refractivity contribution in [1.29, 1.82) is 0 Å². The molecule has 8 nitrogen and oxygen atoms in total. The van der Waals surface area contributed by atoms with Gasteiger partial charge >= 0.3 is 0 Å². The molecule has 0 bridgehead atoms. The predicted octanol–water partition coefficient (Wildman–Crippen LogP) is 3.06. The summed E-state index contributed by atoms with van der Waals surface area (Å²) in [6, 6.07) is 11.0. The zero-order valence-corrected chi connectivity index (χ0v) is 21.9. The van der Waals surface area contributed by atoms with E-state index in [1.165, 1.54) is 12.4 Å². The molecule has 196 valence electrons. The van der Waals surface area contributed by atoms with E-state index in [0.717, 1.165) is 35.1 Å². The van der Waals surface area contributed by atoms with E-state index in [-0.39, 0.29) is 12.2 Å². The molecule has 1 aliphatic rings. The fraction of sp³-hybridized carbons (Fsp3) is 0.423. The van der Waals surface area contributed by atoms with Crippen LogP contribution in [0.15, 0.2) is 42.6 Å². The van der Waals surface area contributed by atoms with Crippen LogP contribution in [0.2, 0.25) is 0 Å². The number of carbonyl (C=O) groups is 1. The molecule has 0 aromatic heterocycles. The van der Waals surface area contributed by atoms with Crippen LogP contribution in [0.1, 0.15) is 30.0 Å². The van der Waals surface area contributed by atoms with E-state index in [9.17, 15) is 17.6 Å². The lowest BCUT2D eigenvalue weighted by Gasteiger charge is -2.30. The number of hydroxylamine groups is 1. The zero-order chi connectivity index (χ0) is 26.5. The number of likely N-dealkylation sites (N-methyl/N-ethyl adjacent to an activating group) is 1. The van der Waals surface area contributed by atoms with Gasteiger partial charge in [-0.05, 0) is 67.1 Å². The summed E-state index contributed by atoms with van der Waals surface area (Å²) in [6.45, 7) is 4.12. The number of nitrogens with zero attached hydrogens (tertiary/aromatic N) is 2. The number of amides is 1. The fourth-order valence-corrected chi connectivity index (χ4v) is 4.99. The number of halogens is 1. The van der Waals surface area contributed by atoms with Crippen LogP contribution in [0, 0.1) is 5.82 Å². The summed E-state index contributed by atoms with van der Waals surface area (Å²) in [5.74, 6) is -1.23. The number of nitrogens with one attached hydrogen (secondary N) is 1. The lowest BCUT2D eigenvalue weighted by Crippen LogP contribution is -2.50. The molecule has 0 saturated heterocycles. The Morgan fingerprint density at radius 2 is 2.03 bits per heavy atom. The first kappa shape index (κ1) is 27.8. The first-order valence-electron chi connectivity index (χ1n) is 11.6. The third-order valence-electron chi connectivity index (χ3n) is 6.73. The van der Waals surface area contributed by atoms with Crippen LogP contribution in [-0.4, -0.2) is 74.2 Å². The summed E-state index contributed by atoms with van der Waals surface area (Å²) in [6.07, 6.45) is 4.72. The van der Waals surface area contributed by atoms with Gasteiger partial charge in [0.05, 0.1) is 6.61 Å². The Balaban J connectivity index is 1.71. The first-order chi connectivity index (χ1) is 17.0. The second-order valence-corrected chi connectivity index (χ2v) is 11.9. The molecule has 36 heavy (non-hydrogen) atoms. The Labute approximate surface area is 212 Å². The van der Waals surface area contributed by atoms with Crippen LogP contribution in [0.3, 0.4) is 0 Å². The van der Waals surface area contributed by atoms with Gasteiger partial charge in [0.1, 0.15) is 5.82 Å². The molecule has 1 atom stereocenters. The second-order valence-electron chi connectivity index (χ2n) is 9.44. The van der Waals surface area contributed by atoms with Crippen molar-refractivity contribution < 1.29 is 27.5 Å². The molecule has 0 radical (unpaired) electrons. The van der Waals surface area contributed by atoms with Crippen LogP contribution < -0.4 is 5.48 Å². The fourth-order valence-electron chi connectivity index (χ4n) is 4.14. The van der Waals surface area contributed by atoms with E-state index in [2.05, 4.69) is 4.90 Å². The summed E-state index contributed by atoms with van der Waals surface area (Å²) in [4.78, 5) is 16.0. The van der Waals surface area contributed by atoms with Crippen molar-refractivity contribution in [2.75, 3.05) is 40.1 Å². The van der Waals surface area contributed by atoms with Crippen molar-refractivity contribution >= 4 is 21.8 Å². The smallest absolute Gasteiger partial charge is 0.264 e. The maximum atomic E-state index is 15.0. The van der Waals surface area contributed by atoms with Crippen molar-refractivity contribution in [2.45, 2.75) is 31.2 Å². The molecule has 0 aliphatic carbocycles. The number of fused-ring (bicyclic) bond motifs is 1. The SMILES string of the molecule is COCCN(C)Cc1ccc(-c2ccc3c(c2)C=CN(CC[C@](C)(C(=O)NO)S(C)(=O)=O)C3)c(F)c1. The van der Waals surface area contributed by atoms with E-state index in [1.807, 2.05) is 48.5 Å². The third kappa shape index (κ3) is 6.31. The average Bonchev–Trinajstić information content (AvgIpc) is 2.84. The van der Waals surface area contributed by atoms with Crippen LogP contribution >= 0.6 is 0 Å². The number of hydrogen-bond donors (Lipinski definition) is 2. The highest BCUT2D eigenvalue weighted by Crippen LogP contribution is 2.30. The Kier molecular flexibility index (Phi) is 8.89. The van der Waals surface area contributed by atoms with Gasteiger partial charge in [0.15, 0.2) is 14.6 Å². The van der Waals surface area contributed by atoms with Gasteiger partial charge in [0, 0.05) is 45.1 Å². The molecule has 0 spiro atoms. The molecular weight excluding hydrogens is 485 g/mol. The molecule has 2 N–H and O–H groups in total. The first-order valence-corrected chi connectivity index (χ1v) is 13.5. The zero-order valence-electron chi connectivity index (χ0n) is 21.1. The van der Waals surface area contributed by atoms with Gasteiger partial charge in [-0.15, -0.1) is 0 Å². The van der Waals surface area contributed by atoms with Gasteiger partial charge in [-0.2, -0.15) is 0 Å². The van der Waals surface area contributed by atoms with Crippen LogP contribution in [0.25, 0.3) is 17.2 Å². The molecule has 0 fully saturated rings. The summed E-state index contributed by atoms with van der Waals surface area (Å²) < 4.78 is 42.7. The Morgan fingerprint density at radius 3 is 2.67 bits per heavy atom. The molecule has 0 saturated carbocycles. The van der Waals surface area contributed by atoms with Gasteiger partial charge in [-0.1, -0.05) is 24.3 Å². The molecule has 1 heterocycles. The Bertz CT molecular complexity index is 1230. The highest BCUT2D eigenvalue weighted by atomic mass is 32.2. The number of carbonyl (C=O) groups excluding carboxylic acids is 1. The molecule has 2 aromatic rings. The summed E-state index contributed by atoms with van der Waals surface area (Å²) in [7, 11) is -0.139. The summed E-state index contributed by atoms with van der Waals surface area (Å²) in [5.41, 5.74) is 5.61. The van der Waals surface area contributed by atoms with Crippen molar-refractivity contribution in [3.63, 3.8) is 0 Å². The topological polar surface area (TPSA) is 99.2 Å². The maximum absolute atomic E-state index is 15.0.